The van der Waals surface area contributed by atoms with Crippen molar-refractivity contribution in [1.82, 2.24) is 4.98 Å². The number of nitrogens with zero attached hydrogens (tertiary/aromatic N) is 1. The molecule has 1 aromatic heterocycles. The minimum absolute atomic E-state index is 0.0625. The maximum Gasteiger partial charge on any atom is 0.181 e. The summed E-state index contributed by atoms with van der Waals surface area (Å²) in [5, 5.41) is 0. The molecule has 2 aromatic rings. The molecule has 19 heavy (non-hydrogen) atoms. The highest BCUT2D eigenvalue weighted by atomic mass is 79.9. The number of ether oxygens (including phenoxy) is 1. The number of halogens is 1. The Morgan fingerprint density at radius 3 is 2.79 bits per heavy atom. The lowest BCUT2D eigenvalue weighted by Gasteiger charge is -2.06. The lowest BCUT2D eigenvalue weighted by atomic mass is 10.1. The average Bonchev–Trinajstić information content (AvgIpc) is 2.46. The molecule has 0 atom stereocenters. The van der Waals surface area contributed by atoms with E-state index < -0.39 is 0 Å². The largest absolute Gasteiger partial charge is 0.496 e. The molecule has 1 aromatic carbocycles. The number of aryl methyl sites for hydroxylation is 1. The molecule has 0 amide bonds. The highest BCUT2D eigenvalue weighted by Gasteiger charge is 2.08. The maximum atomic E-state index is 11.9. The molecule has 0 saturated carbocycles. The van der Waals surface area contributed by atoms with Gasteiger partial charge in [0.1, 0.15) is 11.4 Å². The Bertz CT molecular complexity index is 570. The number of hydrogen-bond acceptors (Lipinski definition) is 3. The smallest absolute Gasteiger partial charge is 0.181 e. The molecule has 0 aliphatic carbocycles. The normalized spacial score (nSPS) is 10.2. The molecule has 1 heterocycles. The third-order valence-corrected chi connectivity index (χ3v) is 3.43. The summed E-state index contributed by atoms with van der Waals surface area (Å²) in [6, 6.07) is 11.2. The molecule has 3 nitrogen and oxygen atoms in total. The van der Waals surface area contributed by atoms with Crippen molar-refractivity contribution in [2.24, 2.45) is 0 Å². The van der Waals surface area contributed by atoms with Gasteiger partial charge in [0.2, 0.25) is 0 Å². The van der Waals surface area contributed by atoms with Crippen molar-refractivity contribution < 1.29 is 9.53 Å². The SMILES string of the molecule is COc1ccc(CCC(=O)c2ccccn2)cc1Br. The number of methoxy groups -OCH3 is 1. The van der Waals surface area contributed by atoms with E-state index in [2.05, 4.69) is 20.9 Å². The molecule has 98 valence electrons. The van der Waals surface area contributed by atoms with Crippen molar-refractivity contribution in [1.29, 1.82) is 0 Å². The number of pyridine rings is 1. The molecule has 0 spiro atoms. The van der Waals surface area contributed by atoms with E-state index in [0.717, 1.165) is 15.8 Å². The van der Waals surface area contributed by atoms with E-state index in [-0.39, 0.29) is 5.78 Å². The third-order valence-electron chi connectivity index (χ3n) is 2.81. The van der Waals surface area contributed by atoms with Crippen molar-refractivity contribution in [3.05, 3.63) is 58.3 Å². The molecule has 0 N–H and O–H groups in total. The number of carbonyl (C=O) groups excluding carboxylic acids is 1. The second-order valence-electron chi connectivity index (χ2n) is 4.11. The number of benzene rings is 1. The lowest BCUT2D eigenvalue weighted by Crippen LogP contribution is -2.03. The number of Topliss-reactive ketones (excluding diaryl/α,β-unsaturated/α-hetero) is 1. The van der Waals surface area contributed by atoms with Crippen LogP contribution in [0.5, 0.6) is 5.75 Å². The van der Waals surface area contributed by atoms with Crippen molar-refractivity contribution in [3.8, 4) is 5.75 Å². The van der Waals surface area contributed by atoms with E-state index in [1.807, 2.05) is 24.3 Å². The number of carbonyl (C=O) groups is 1. The van der Waals surface area contributed by atoms with Gasteiger partial charge in [-0.25, -0.2) is 0 Å². The van der Waals surface area contributed by atoms with Crippen LogP contribution in [0.4, 0.5) is 0 Å². The first-order valence-corrected chi connectivity index (χ1v) is 6.76. The molecule has 0 saturated heterocycles. The minimum Gasteiger partial charge on any atom is -0.496 e. The lowest BCUT2D eigenvalue weighted by molar-refractivity contribution is 0.0978. The molecule has 0 aliphatic rings. The Kier molecular flexibility index (Phi) is 4.68. The van der Waals surface area contributed by atoms with Gasteiger partial charge >= 0.3 is 0 Å². The summed E-state index contributed by atoms with van der Waals surface area (Å²) < 4.78 is 6.07. The van der Waals surface area contributed by atoms with Gasteiger partial charge in [0, 0.05) is 12.6 Å². The molecule has 0 radical (unpaired) electrons. The average molecular weight is 320 g/mol. The van der Waals surface area contributed by atoms with Crippen LogP contribution in [-0.2, 0) is 6.42 Å². The summed E-state index contributed by atoms with van der Waals surface area (Å²) in [4.78, 5) is 16.0. The number of rotatable bonds is 5. The maximum absolute atomic E-state index is 11.9. The van der Waals surface area contributed by atoms with E-state index >= 15 is 0 Å². The van der Waals surface area contributed by atoms with Gasteiger partial charge in [0.05, 0.1) is 11.6 Å². The highest BCUT2D eigenvalue weighted by molar-refractivity contribution is 9.10. The Morgan fingerprint density at radius 1 is 1.32 bits per heavy atom. The van der Waals surface area contributed by atoms with Gasteiger partial charge in [-0.3, -0.25) is 9.78 Å². The Labute approximate surface area is 120 Å². The van der Waals surface area contributed by atoms with E-state index in [4.69, 9.17) is 4.74 Å². The summed E-state index contributed by atoms with van der Waals surface area (Å²) in [5.74, 6) is 0.854. The van der Waals surface area contributed by atoms with E-state index in [0.29, 0.717) is 18.5 Å². The van der Waals surface area contributed by atoms with Gasteiger partial charge in [0.25, 0.3) is 0 Å². The van der Waals surface area contributed by atoms with Crippen LogP contribution in [-0.4, -0.2) is 17.9 Å². The molecule has 0 fully saturated rings. The summed E-state index contributed by atoms with van der Waals surface area (Å²) in [6.07, 6.45) is 2.78. The summed E-state index contributed by atoms with van der Waals surface area (Å²) in [6.45, 7) is 0. The van der Waals surface area contributed by atoms with Crippen molar-refractivity contribution >= 4 is 21.7 Å². The molecule has 0 bridgehead atoms. The van der Waals surface area contributed by atoms with Crippen LogP contribution in [0, 0.1) is 0 Å². The molecule has 0 aliphatic heterocycles. The van der Waals surface area contributed by atoms with Crippen molar-refractivity contribution in [2.75, 3.05) is 7.11 Å². The zero-order valence-corrected chi connectivity index (χ0v) is 12.2. The second-order valence-corrected chi connectivity index (χ2v) is 4.96. The fourth-order valence-corrected chi connectivity index (χ4v) is 2.37. The van der Waals surface area contributed by atoms with Gasteiger partial charge in [-0.1, -0.05) is 12.1 Å². The van der Waals surface area contributed by atoms with Crippen LogP contribution < -0.4 is 4.74 Å². The first-order valence-electron chi connectivity index (χ1n) is 5.97. The number of aromatic nitrogens is 1. The first-order chi connectivity index (χ1) is 9.20. The quantitative estimate of drug-likeness (QED) is 0.789. The van der Waals surface area contributed by atoms with Gasteiger partial charge in [-0.05, 0) is 52.2 Å². The second kappa shape index (κ2) is 6.48. The highest BCUT2D eigenvalue weighted by Crippen LogP contribution is 2.26. The minimum atomic E-state index is 0.0625. The van der Waals surface area contributed by atoms with Gasteiger partial charge in [0.15, 0.2) is 5.78 Å². The summed E-state index contributed by atoms with van der Waals surface area (Å²) >= 11 is 3.44. The zero-order chi connectivity index (χ0) is 13.7. The van der Waals surface area contributed by atoms with E-state index in [9.17, 15) is 4.79 Å². The van der Waals surface area contributed by atoms with E-state index in [1.165, 1.54) is 0 Å². The Balaban J connectivity index is 1.99. The van der Waals surface area contributed by atoms with Crippen LogP contribution in [0.15, 0.2) is 47.1 Å². The summed E-state index contributed by atoms with van der Waals surface area (Å²) in [5.41, 5.74) is 1.62. The molecular formula is C15H14BrNO2. The van der Waals surface area contributed by atoms with Crippen LogP contribution >= 0.6 is 15.9 Å². The third kappa shape index (κ3) is 3.64. The predicted octanol–water partition coefficient (Wildman–Crippen LogP) is 3.67. The van der Waals surface area contributed by atoms with Crippen LogP contribution in [0.3, 0.4) is 0 Å². The van der Waals surface area contributed by atoms with Gasteiger partial charge in [-0.15, -0.1) is 0 Å². The van der Waals surface area contributed by atoms with Gasteiger partial charge in [-0.2, -0.15) is 0 Å². The van der Waals surface area contributed by atoms with E-state index in [1.54, 1.807) is 25.4 Å². The fourth-order valence-electron chi connectivity index (χ4n) is 1.78. The molecule has 0 unspecified atom stereocenters. The topological polar surface area (TPSA) is 39.2 Å². The number of ketones is 1. The van der Waals surface area contributed by atoms with Crippen molar-refractivity contribution in [2.45, 2.75) is 12.8 Å². The standard InChI is InChI=1S/C15H14BrNO2/c1-19-15-8-6-11(10-12(15)16)5-7-14(18)13-4-2-3-9-17-13/h2-4,6,8-10H,5,7H2,1H3. The molecule has 4 heteroatoms. The number of hydrogen-bond donors (Lipinski definition) is 0. The monoisotopic (exact) mass is 319 g/mol. The molecule has 2 rings (SSSR count). The Morgan fingerprint density at radius 2 is 2.16 bits per heavy atom. The van der Waals surface area contributed by atoms with Crippen molar-refractivity contribution in [3.63, 3.8) is 0 Å². The first kappa shape index (κ1) is 13.7. The summed E-state index contributed by atoms with van der Waals surface area (Å²) in [7, 11) is 1.63. The van der Waals surface area contributed by atoms with Crippen LogP contribution in [0.1, 0.15) is 22.5 Å². The van der Waals surface area contributed by atoms with Crippen LogP contribution in [0.2, 0.25) is 0 Å². The fraction of sp³-hybridized carbons (Fsp3) is 0.200. The predicted molar refractivity (Wildman–Crippen MR) is 77.6 cm³/mol. The van der Waals surface area contributed by atoms with Crippen LogP contribution in [0.25, 0.3) is 0 Å². The zero-order valence-electron chi connectivity index (χ0n) is 10.6. The molecular weight excluding hydrogens is 306 g/mol. The Hall–Kier alpha value is -1.68. The van der Waals surface area contributed by atoms with Gasteiger partial charge < -0.3 is 4.74 Å².